The van der Waals surface area contributed by atoms with Crippen molar-refractivity contribution in [1.29, 1.82) is 0 Å². The molecular weight excluding hydrogens is 290 g/mol. The lowest BCUT2D eigenvalue weighted by atomic mass is 9.84. The summed E-state index contributed by atoms with van der Waals surface area (Å²) in [5.41, 5.74) is 1.22. The summed E-state index contributed by atoms with van der Waals surface area (Å²) in [5.74, 6) is 1.21. The Bertz CT molecular complexity index is 394. The van der Waals surface area contributed by atoms with Crippen molar-refractivity contribution < 1.29 is 5.11 Å². The molecule has 2 nitrogen and oxygen atoms in total. The molecular formula is C15H22BrNO. The van der Waals surface area contributed by atoms with Gasteiger partial charge in [-0.25, -0.2) is 0 Å². The lowest BCUT2D eigenvalue weighted by Gasteiger charge is -2.29. The molecule has 2 N–H and O–H groups in total. The highest BCUT2D eigenvalue weighted by atomic mass is 79.9. The van der Waals surface area contributed by atoms with Gasteiger partial charge in [0.15, 0.2) is 0 Å². The van der Waals surface area contributed by atoms with Gasteiger partial charge in [-0.05, 0) is 52.4 Å². The van der Waals surface area contributed by atoms with Crippen molar-refractivity contribution in [3.05, 3.63) is 28.2 Å². The van der Waals surface area contributed by atoms with Crippen molar-refractivity contribution in [1.82, 2.24) is 5.32 Å². The maximum atomic E-state index is 9.46. The van der Waals surface area contributed by atoms with Crippen LogP contribution in [0.15, 0.2) is 22.7 Å². The molecule has 18 heavy (non-hydrogen) atoms. The highest BCUT2D eigenvalue weighted by Crippen LogP contribution is 2.27. The van der Waals surface area contributed by atoms with Gasteiger partial charge >= 0.3 is 0 Å². The molecule has 0 bridgehead atoms. The van der Waals surface area contributed by atoms with Crippen LogP contribution in [0.2, 0.25) is 0 Å². The molecule has 0 aromatic heterocycles. The van der Waals surface area contributed by atoms with Gasteiger partial charge in [-0.15, -0.1) is 0 Å². The molecule has 0 aliphatic heterocycles. The molecule has 1 aliphatic rings. The summed E-state index contributed by atoms with van der Waals surface area (Å²) in [6, 6.07) is 6.38. The summed E-state index contributed by atoms with van der Waals surface area (Å²) >= 11 is 3.36. The second-order valence-corrected chi connectivity index (χ2v) is 6.16. The van der Waals surface area contributed by atoms with Crippen LogP contribution < -0.4 is 5.32 Å². The first-order valence-electron chi connectivity index (χ1n) is 6.89. The highest BCUT2D eigenvalue weighted by molar-refractivity contribution is 9.10. The third-order valence-corrected chi connectivity index (χ3v) is 4.60. The van der Waals surface area contributed by atoms with Crippen molar-refractivity contribution in [2.45, 2.75) is 51.6 Å². The number of hydrogen-bond acceptors (Lipinski definition) is 2. The van der Waals surface area contributed by atoms with Crippen LogP contribution in [0.4, 0.5) is 0 Å². The fourth-order valence-corrected chi connectivity index (χ4v) is 3.20. The molecule has 0 spiro atoms. The van der Waals surface area contributed by atoms with E-state index in [1.807, 2.05) is 12.1 Å². The number of hydrogen-bond donors (Lipinski definition) is 2. The zero-order chi connectivity index (χ0) is 13.0. The molecule has 1 aliphatic carbocycles. The van der Waals surface area contributed by atoms with Crippen LogP contribution in [0.5, 0.6) is 5.75 Å². The lowest BCUT2D eigenvalue weighted by molar-refractivity contribution is 0.278. The third-order valence-electron chi connectivity index (χ3n) is 3.97. The maximum Gasteiger partial charge on any atom is 0.129 e. The molecule has 2 rings (SSSR count). The van der Waals surface area contributed by atoms with Crippen LogP contribution in [-0.4, -0.2) is 11.1 Å². The average molecular weight is 312 g/mol. The van der Waals surface area contributed by atoms with Crippen LogP contribution in [-0.2, 0) is 6.54 Å². The molecule has 2 unspecified atom stereocenters. The molecule has 1 aromatic carbocycles. The third kappa shape index (κ3) is 3.72. The number of benzene rings is 1. The second kappa shape index (κ2) is 6.58. The Morgan fingerprint density at radius 3 is 2.94 bits per heavy atom. The van der Waals surface area contributed by atoms with Gasteiger partial charge in [0.25, 0.3) is 0 Å². The van der Waals surface area contributed by atoms with E-state index in [4.69, 9.17) is 0 Å². The summed E-state index contributed by atoms with van der Waals surface area (Å²) in [4.78, 5) is 0. The first kappa shape index (κ1) is 13.9. The minimum absolute atomic E-state index is 0.308. The van der Waals surface area contributed by atoms with Crippen molar-refractivity contribution in [2.24, 2.45) is 5.92 Å². The molecule has 0 saturated heterocycles. The number of phenolic OH excluding ortho intramolecular Hbond substituents is 1. The number of nitrogens with one attached hydrogen (secondary N) is 1. The Hall–Kier alpha value is -0.540. The van der Waals surface area contributed by atoms with E-state index in [-0.39, 0.29) is 0 Å². The van der Waals surface area contributed by atoms with E-state index in [9.17, 15) is 5.11 Å². The first-order valence-corrected chi connectivity index (χ1v) is 7.69. The Balaban J connectivity index is 1.85. The minimum Gasteiger partial charge on any atom is -0.507 e. The lowest BCUT2D eigenvalue weighted by Crippen LogP contribution is -2.33. The van der Waals surface area contributed by atoms with Crippen LogP contribution >= 0.6 is 15.9 Å². The van der Waals surface area contributed by atoms with Gasteiger partial charge < -0.3 is 10.4 Å². The second-order valence-electron chi connectivity index (χ2n) is 5.30. The number of aromatic hydroxyl groups is 1. The molecule has 3 heteroatoms. The highest BCUT2D eigenvalue weighted by Gasteiger charge is 2.20. The molecule has 1 aromatic rings. The van der Waals surface area contributed by atoms with E-state index in [0.29, 0.717) is 11.8 Å². The zero-order valence-electron chi connectivity index (χ0n) is 11.0. The number of rotatable bonds is 4. The fourth-order valence-electron chi connectivity index (χ4n) is 2.77. The Labute approximate surface area is 118 Å². The molecule has 2 atom stereocenters. The van der Waals surface area contributed by atoms with Crippen LogP contribution in [0.1, 0.15) is 44.6 Å². The Kier molecular flexibility index (Phi) is 5.07. The van der Waals surface area contributed by atoms with Gasteiger partial charge in [0.05, 0.1) is 4.47 Å². The first-order chi connectivity index (χ1) is 8.69. The zero-order valence-corrected chi connectivity index (χ0v) is 12.5. The van der Waals surface area contributed by atoms with E-state index in [1.165, 1.54) is 37.7 Å². The molecule has 0 amide bonds. The van der Waals surface area contributed by atoms with E-state index in [0.717, 1.165) is 16.9 Å². The molecule has 0 heterocycles. The molecule has 100 valence electrons. The predicted molar refractivity (Wildman–Crippen MR) is 78.7 cm³/mol. The van der Waals surface area contributed by atoms with E-state index in [1.54, 1.807) is 6.07 Å². The minimum atomic E-state index is 0.308. The van der Waals surface area contributed by atoms with Crippen molar-refractivity contribution in [3.8, 4) is 5.75 Å². The fraction of sp³-hybridized carbons (Fsp3) is 0.600. The SMILES string of the molecule is CCC1CCCC(NCc2ccc(O)c(Br)c2)C1. The van der Waals surface area contributed by atoms with Crippen LogP contribution in [0, 0.1) is 5.92 Å². The van der Waals surface area contributed by atoms with Gasteiger partial charge in [-0.2, -0.15) is 0 Å². The summed E-state index contributed by atoms with van der Waals surface area (Å²) in [6.45, 7) is 3.18. The topological polar surface area (TPSA) is 32.3 Å². The predicted octanol–water partition coefficient (Wildman–Crippen LogP) is 4.21. The summed E-state index contributed by atoms with van der Waals surface area (Å²) in [5, 5.41) is 13.1. The van der Waals surface area contributed by atoms with Gasteiger partial charge in [0.1, 0.15) is 5.75 Å². The van der Waals surface area contributed by atoms with Crippen LogP contribution in [0.3, 0.4) is 0 Å². The van der Waals surface area contributed by atoms with E-state index >= 15 is 0 Å². The summed E-state index contributed by atoms with van der Waals surface area (Å²) < 4.78 is 0.775. The number of phenols is 1. The van der Waals surface area contributed by atoms with Crippen molar-refractivity contribution in [3.63, 3.8) is 0 Å². The van der Waals surface area contributed by atoms with Gasteiger partial charge in [0, 0.05) is 12.6 Å². The van der Waals surface area contributed by atoms with Crippen LogP contribution in [0.25, 0.3) is 0 Å². The summed E-state index contributed by atoms with van der Waals surface area (Å²) in [7, 11) is 0. The largest absolute Gasteiger partial charge is 0.507 e. The quantitative estimate of drug-likeness (QED) is 0.873. The van der Waals surface area contributed by atoms with Gasteiger partial charge in [-0.1, -0.05) is 32.3 Å². The normalized spacial score (nSPS) is 24.1. The number of halogens is 1. The van der Waals surface area contributed by atoms with E-state index < -0.39 is 0 Å². The Morgan fingerprint density at radius 1 is 1.39 bits per heavy atom. The van der Waals surface area contributed by atoms with E-state index in [2.05, 4.69) is 28.2 Å². The summed E-state index contributed by atoms with van der Waals surface area (Å²) in [6.07, 6.45) is 6.68. The monoisotopic (exact) mass is 311 g/mol. The molecule has 1 saturated carbocycles. The maximum absolute atomic E-state index is 9.46. The Morgan fingerprint density at radius 2 is 2.22 bits per heavy atom. The standard InChI is InChI=1S/C15H22BrNO/c1-2-11-4-3-5-13(8-11)17-10-12-6-7-15(18)14(16)9-12/h6-7,9,11,13,17-18H,2-5,8,10H2,1H3. The van der Waals surface area contributed by atoms with Gasteiger partial charge in [-0.3, -0.25) is 0 Å². The molecule has 0 radical (unpaired) electrons. The van der Waals surface area contributed by atoms with Crippen molar-refractivity contribution >= 4 is 15.9 Å². The molecule has 1 fully saturated rings. The smallest absolute Gasteiger partial charge is 0.129 e. The van der Waals surface area contributed by atoms with Gasteiger partial charge in [0.2, 0.25) is 0 Å². The average Bonchev–Trinajstić information content (AvgIpc) is 2.40. The van der Waals surface area contributed by atoms with Crippen molar-refractivity contribution in [2.75, 3.05) is 0 Å².